The van der Waals surface area contributed by atoms with Crippen molar-refractivity contribution in [3.8, 4) is 0 Å². The molecule has 120 valence electrons. The van der Waals surface area contributed by atoms with E-state index in [1.165, 1.54) is 5.69 Å². The summed E-state index contributed by atoms with van der Waals surface area (Å²) in [6.45, 7) is 10.9. The summed E-state index contributed by atoms with van der Waals surface area (Å²) in [6, 6.07) is 0.369. The van der Waals surface area contributed by atoms with Crippen molar-refractivity contribution in [2.24, 2.45) is 10.9 Å². The first-order chi connectivity index (χ1) is 9.94. The van der Waals surface area contributed by atoms with Crippen LogP contribution in [0.15, 0.2) is 9.63 Å². The minimum atomic E-state index is 0.262. The van der Waals surface area contributed by atoms with Crippen molar-refractivity contribution in [1.29, 1.82) is 0 Å². The molecule has 7 heteroatoms. The molecule has 0 spiro atoms. The summed E-state index contributed by atoms with van der Waals surface area (Å²) < 4.78 is 3.14. The van der Waals surface area contributed by atoms with Crippen LogP contribution in [-0.4, -0.2) is 38.3 Å². The van der Waals surface area contributed by atoms with Gasteiger partial charge in [-0.05, 0) is 43.1 Å². The molecule has 3 N–H and O–H groups in total. The Balaban J connectivity index is 2.91. The summed E-state index contributed by atoms with van der Waals surface area (Å²) in [5, 5.41) is 16.3. The zero-order chi connectivity index (χ0) is 16.0. The first-order valence-corrected chi connectivity index (χ1v) is 8.18. The van der Waals surface area contributed by atoms with E-state index in [1.54, 1.807) is 0 Å². The van der Waals surface area contributed by atoms with E-state index in [2.05, 4.69) is 58.8 Å². The number of hydrogen-bond donors (Lipinski definition) is 2. The molecule has 0 unspecified atom stereocenters. The van der Waals surface area contributed by atoms with Gasteiger partial charge in [0.1, 0.15) is 5.84 Å². The van der Waals surface area contributed by atoms with Crippen LogP contribution in [0.5, 0.6) is 0 Å². The minimum absolute atomic E-state index is 0.262. The number of aryl methyl sites for hydroxylation is 2. The largest absolute Gasteiger partial charge is 0.409 e. The van der Waals surface area contributed by atoms with Gasteiger partial charge in [-0.15, -0.1) is 0 Å². The quantitative estimate of drug-likeness (QED) is 0.323. The maximum atomic E-state index is 8.66. The van der Waals surface area contributed by atoms with Crippen LogP contribution < -0.4 is 5.73 Å². The highest BCUT2D eigenvalue weighted by atomic mass is 79.9. The van der Waals surface area contributed by atoms with Crippen molar-refractivity contribution < 1.29 is 5.21 Å². The van der Waals surface area contributed by atoms with Crippen molar-refractivity contribution in [1.82, 2.24) is 14.7 Å². The van der Waals surface area contributed by atoms with E-state index >= 15 is 0 Å². The Labute approximate surface area is 135 Å². The summed E-state index contributed by atoms with van der Waals surface area (Å²) in [6.07, 6.45) is 1.46. The van der Waals surface area contributed by atoms with Crippen LogP contribution in [0.2, 0.25) is 0 Å². The van der Waals surface area contributed by atoms with E-state index in [0.717, 1.165) is 36.2 Å². The van der Waals surface area contributed by atoms with Crippen molar-refractivity contribution in [2.45, 2.75) is 59.7 Å². The Bertz CT molecular complexity index is 484. The number of hydrogen-bond acceptors (Lipinski definition) is 4. The lowest BCUT2D eigenvalue weighted by Gasteiger charge is -2.26. The van der Waals surface area contributed by atoms with Gasteiger partial charge in [0.05, 0.1) is 15.9 Å². The first-order valence-electron chi connectivity index (χ1n) is 7.38. The summed E-state index contributed by atoms with van der Waals surface area (Å²) in [5.41, 5.74) is 7.85. The number of nitrogens with zero attached hydrogens (tertiary/aromatic N) is 4. The number of oxime groups is 1. The molecule has 21 heavy (non-hydrogen) atoms. The minimum Gasteiger partial charge on any atom is -0.409 e. The van der Waals surface area contributed by atoms with Gasteiger partial charge >= 0.3 is 0 Å². The molecule has 0 aliphatic rings. The average molecular weight is 360 g/mol. The Morgan fingerprint density at radius 3 is 2.62 bits per heavy atom. The lowest BCUT2D eigenvalue weighted by atomic mass is 10.2. The van der Waals surface area contributed by atoms with E-state index in [-0.39, 0.29) is 5.84 Å². The summed E-state index contributed by atoms with van der Waals surface area (Å²) in [4.78, 5) is 2.30. The molecular weight excluding hydrogens is 334 g/mol. The Hall–Kier alpha value is -1.08. The number of aromatic nitrogens is 2. The second kappa shape index (κ2) is 8.38. The molecule has 0 aliphatic heterocycles. The maximum Gasteiger partial charge on any atom is 0.140 e. The highest BCUT2D eigenvalue weighted by molar-refractivity contribution is 9.10. The molecule has 0 saturated carbocycles. The number of nitrogens with two attached hydrogens (primary N) is 1. The van der Waals surface area contributed by atoms with E-state index in [4.69, 9.17) is 10.9 Å². The lowest BCUT2D eigenvalue weighted by molar-refractivity contribution is 0.211. The highest BCUT2D eigenvalue weighted by Gasteiger charge is 2.18. The highest BCUT2D eigenvalue weighted by Crippen LogP contribution is 2.24. The zero-order valence-electron chi connectivity index (χ0n) is 13.3. The molecule has 0 saturated heterocycles. The van der Waals surface area contributed by atoms with Crippen LogP contribution >= 0.6 is 15.9 Å². The standard InChI is InChI=1S/C14H26BrN5O/c1-5-11-14(15)12(20(6-2)17-11)9-19(10(3)4)8-7-13(16)18-21/h10,21H,5-9H2,1-4H3,(H2,16,18). The second-order valence-corrected chi connectivity index (χ2v) is 6.08. The van der Waals surface area contributed by atoms with Crippen molar-refractivity contribution in [3.63, 3.8) is 0 Å². The number of halogens is 1. The van der Waals surface area contributed by atoms with Gasteiger partial charge < -0.3 is 10.9 Å². The van der Waals surface area contributed by atoms with Gasteiger partial charge in [0, 0.05) is 32.1 Å². The SMILES string of the molecule is CCc1nn(CC)c(CN(CCC(N)=NO)C(C)C)c1Br. The van der Waals surface area contributed by atoms with E-state index in [9.17, 15) is 0 Å². The van der Waals surface area contributed by atoms with Crippen molar-refractivity contribution >= 4 is 21.8 Å². The molecule has 1 rings (SSSR count). The predicted molar refractivity (Wildman–Crippen MR) is 88.6 cm³/mol. The fourth-order valence-electron chi connectivity index (χ4n) is 2.19. The van der Waals surface area contributed by atoms with Gasteiger partial charge in [0.2, 0.25) is 0 Å². The average Bonchev–Trinajstić information content (AvgIpc) is 2.78. The molecule has 1 heterocycles. The van der Waals surface area contributed by atoms with Crippen LogP contribution in [0.3, 0.4) is 0 Å². The third-order valence-electron chi connectivity index (χ3n) is 3.56. The number of amidine groups is 1. The van der Waals surface area contributed by atoms with Crippen molar-refractivity contribution in [2.75, 3.05) is 6.54 Å². The molecule has 6 nitrogen and oxygen atoms in total. The van der Waals surface area contributed by atoms with Gasteiger partial charge in [-0.25, -0.2) is 0 Å². The molecule has 0 bridgehead atoms. The van der Waals surface area contributed by atoms with Crippen molar-refractivity contribution in [3.05, 3.63) is 15.9 Å². The molecular formula is C14H26BrN5O. The van der Waals surface area contributed by atoms with Gasteiger partial charge in [-0.3, -0.25) is 9.58 Å². The molecule has 0 radical (unpaired) electrons. The topological polar surface area (TPSA) is 79.7 Å². The van der Waals surface area contributed by atoms with Gasteiger partial charge in [0.25, 0.3) is 0 Å². The Morgan fingerprint density at radius 2 is 2.14 bits per heavy atom. The smallest absolute Gasteiger partial charge is 0.140 e. The van der Waals surface area contributed by atoms with Crippen LogP contribution in [0.25, 0.3) is 0 Å². The van der Waals surface area contributed by atoms with Crippen LogP contribution in [0, 0.1) is 0 Å². The van der Waals surface area contributed by atoms with E-state index in [1.807, 2.05) is 4.68 Å². The Kier molecular flexibility index (Phi) is 7.17. The first kappa shape index (κ1) is 18.0. The molecule has 0 atom stereocenters. The third kappa shape index (κ3) is 4.71. The fourth-order valence-corrected chi connectivity index (χ4v) is 2.88. The molecule has 0 aromatic carbocycles. The summed E-state index contributed by atoms with van der Waals surface area (Å²) in [5.74, 6) is 0.262. The van der Waals surface area contributed by atoms with E-state index in [0.29, 0.717) is 12.5 Å². The molecule has 0 aliphatic carbocycles. The normalized spacial score (nSPS) is 12.6. The van der Waals surface area contributed by atoms with Gasteiger partial charge in [-0.2, -0.15) is 5.10 Å². The fraction of sp³-hybridized carbons (Fsp3) is 0.714. The zero-order valence-corrected chi connectivity index (χ0v) is 14.9. The molecule has 0 amide bonds. The third-order valence-corrected chi connectivity index (χ3v) is 4.48. The van der Waals surface area contributed by atoms with Crippen LogP contribution in [0.1, 0.15) is 45.5 Å². The lowest BCUT2D eigenvalue weighted by Crippen LogP contribution is -2.34. The van der Waals surface area contributed by atoms with Crippen LogP contribution in [0.4, 0.5) is 0 Å². The molecule has 0 fully saturated rings. The summed E-state index contributed by atoms with van der Waals surface area (Å²) in [7, 11) is 0. The second-order valence-electron chi connectivity index (χ2n) is 5.28. The number of rotatable bonds is 8. The summed E-state index contributed by atoms with van der Waals surface area (Å²) >= 11 is 3.68. The Morgan fingerprint density at radius 1 is 1.48 bits per heavy atom. The van der Waals surface area contributed by atoms with E-state index < -0.39 is 0 Å². The van der Waals surface area contributed by atoms with Crippen LogP contribution in [-0.2, 0) is 19.5 Å². The maximum absolute atomic E-state index is 8.66. The monoisotopic (exact) mass is 359 g/mol. The predicted octanol–water partition coefficient (Wildman–Crippen LogP) is 2.57. The molecule has 1 aromatic rings. The molecule has 1 aromatic heterocycles. The van der Waals surface area contributed by atoms with Gasteiger partial charge in [-0.1, -0.05) is 12.1 Å². The van der Waals surface area contributed by atoms with Gasteiger partial charge in [0.15, 0.2) is 0 Å².